The molecule has 2 aromatic carbocycles. The topological polar surface area (TPSA) is 106 Å². The number of carboxylic acid groups (broad SMARTS) is 1. The fraction of sp³-hybridized carbons (Fsp3) is 0.190. The second kappa shape index (κ2) is 7.51. The summed E-state index contributed by atoms with van der Waals surface area (Å²) in [5.74, 6) is 0.0551. The number of carbonyl (C=O) groups excluding carboxylic acids is 1. The number of halogens is 1. The van der Waals surface area contributed by atoms with Crippen LogP contribution < -0.4 is 14.8 Å². The number of ether oxygens (including phenoxy) is 2. The zero-order chi connectivity index (χ0) is 21.5. The summed E-state index contributed by atoms with van der Waals surface area (Å²) in [4.78, 5) is 26.2. The van der Waals surface area contributed by atoms with E-state index in [0.29, 0.717) is 46.4 Å². The molecule has 0 aliphatic carbocycles. The molecule has 2 amide bonds. The Morgan fingerprint density at radius 3 is 2.65 bits per heavy atom. The number of urea groups is 1. The number of nitrogens with zero attached hydrogens (tertiary/aromatic N) is 3. The zero-order valence-electron chi connectivity index (χ0n) is 16.2. The first-order valence-corrected chi connectivity index (χ1v) is 9.93. The summed E-state index contributed by atoms with van der Waals surface area (Å²) in [6.45, 7) is 0.708. The van der Waals surface area contributed by atoms with Crippen molar-refractivity contribution in [3.05, 3.63) is 64.4 Å². The zero-order valence-corrected chi connectivity index (χ0v) is 16.9. The fourth-order valence-corrected chi connectivity index (χ4v) is 3.86. The normalized spacial score (nSPS) is 14.3. The highest BCUT2D eigenvalue weighted by Gasteiger charge is 2.30. The third kappa shape index (κ3) is 3.53. The third-order valence-corrected chi connectivity index (χ3v) is 5.49. The summed E-state index contributed by atoms with van der Waals surface area (Å²) in [7, 11) is 0. The van der Waals surface area contributed by atoms with Gasteiger partial charge in [-0.25, -0.2) is 14.3 Å². The van der Waals surface area contributed by atoms with E-state index in [1.54, 1.807) is 52.0 Å². The number of aromatic carboxylic acids is 1. The Balaban J connectivity index is 1.40. The van der Waals surface area contributed by atoms with Gasteiger partial charge in [0.25, 0.3) is 0 Å². The SMILES string of the molecule is O=C(O)c1nn(-c2ccc(Cl)cc2)c2c1CN(C(=O)Nc1ccc3c(c1)OCO3)CC2. The predicted molar refractivity (Wildman–Crippen MR) is 111 cm³/mol. The summed E-state index contributed by atoms with van der Waals surface area (Å²) in [5, 5.41) is 17.4. The van der Waals surface area contributed by atoms with Crippen LogP contribution in [0.25, 0.3) is 5.69 Å². The van der Waals surface area contributed by atoms with Gasteiger partial charge in [-0.2, -0.15) is 5.10 Å². The van der Waals surface area contributed by atoms with Gasteiger partial charge in [0.2, 0.25) is 6.79 Å². The Hall–Kier alpha value is -3.72. The van der Waals surface area contributed by atoms with E-state index >= 15 is 0 Å². The highest BCUT2D eigenvalue weighted by molar-refractivity contribution is 6.30. The molecule has 2 aliphatic heterocycles. The van der Waals surface area contributed by atoms with Crippen molar-refractivity contribution in [2.45, 2.75) is 13.0 Å². The first-order valence-electron chi connectivity index (χ1n) is 9.55. The minimum atomic E-state index is -1.14. The number of hydrogen-bond acceptors (Lipinski definition) is 5. The first kappa shape index (κ1) is 19.3. The molecule has 1 aromatic heterocycles. The summed E-state index contributed by atoms with van der Waals surface area (Å²) in [6, 6.07) is 11.8. The van der Waals surface area contributed by atoms with E-state index in [1.165, 1.54) is 0 Å². The van der Waals surface area contributed by atoms with Gasteiger partial charge in [-0.15, -0.1) is 0 Å². The van der Waals surface area contributed by atoms with Gasteiger partial charge >= 0.3 is 12.0 Å². The predicted octanol–water partition coefficient (Wildman–Crippen LogP) is 3.54. The lowest BCUT2D eigenvalue weighted by Crippen LogP contribution is -2.39. The average Bonchev–Trinajstić information content (AvgIpc) is 3.38. The van der Waals surface area contributed by atoms with Crippen molar-refractivity contribution < 1.29 is 24.2 Å². The smallest absolute Gasteiger partial charge is 0.356 e. The van der Waals surface area contributed by atoms with Crippen molar-refractivity contribution in [3.8, 4) is 17.2 Å². The Kier molecular flexibility index (Phi) is 4.67. The van der Waals surface area contributed by atoms with E-state index in [1.807, 2.05) is 0 Å². The van der Waals surface area contributed by atoms with Gasteiger partial charge in [-0.3, -0.25) is 0 Å². The van der Waals surface area contributed by atoms with Gasteiger partial charge in [0.1, 0.15) is 0 Å². The average molecular weight is 441 g/mol. The van der Waals surface area contributed by atoms with E-state index in [-0.39, 0.29) is 25.1 Å². The van der Waals surface area contributed by atoms with Crippen molar-refractivity contribution in [2.75, 3.05) is 18.7 Å². The molecule has 3 heterocycles. The molecule has 0 fully saturated rings. The molecule has 0 saturated heterocycles. The lowest BCUT2D eigenvalue weighted by molar-refractivity contribution is 0.0687. The number of nitrogens with one attached hydrogen (secondary N) is 1. The van der Waals surface area contributed by atoms with Crippen molar-refractivity contribution in [1.29, 1.82) is 0 Å². The molecular formula is C21H17ClN4O5. The molecule has 3 aromatic rings. The summed E-state index contributed by atoms with van der Waals surface area (Å²) in [6.07, 6.45) is 0.465. The monoisotopic (exact) mass is 440 g/mol. The van der Waals surface area contributed by atoms with Crippen LogP contribution in [0.5, 0.6) is 11.5 Å². The van der Waals surface area contributed by atoms with Crippen molar-refractivity contribution in [3.63, 3.8) is 0 Å². The largest absolute Gasteiger partial charge is 0.476 e. The minimum Gasteiger partial charge on any atom is -0.476 e. The number of hydrogen-bond donors (Lipinski definition) is 2. The molecule has 0 radical (unpaired) electrons. The molecule has 0 atom stereocenters. The molecule has 0 bridgehead atoms. The molecule has 158 valence electrons. The van der Waals surface area contributed by atoms with Crippen LogP contribution in [0.1, 0.15) is 21.7 Å². The highest BCUT2D eigenvalue weighted by atomic mass is 35.5. The highest BCUT2D eigenvalue weighted by Crippen LogP contribution is 2.34. The Bertz CT molecular complexity index is 1190. The molecule has 2 N–H and O–H groups in total. The number of carbonyl (C=O) groups is 2. The van der Waals surface area contributed by atoms with Gasteiger partial charge in [0, 0.05) is 35.3 Å². The summed E-state index contributed by atoms with van der Waals surface area (Å²) >= 11 is 5.96. The van der Waals surface area contributed by atoms with Gasteiger partial charge < -0.3 is 24.8 Å². The van der Waals surface area contributed by atoms with E-state index < -0.39 is 5.97 Å². The summed E-state index contributed by atoms with van der Waals surface area (Å²) < 4.78 is 12.2. The quantitative estimate of drug-likeness (QED) is 0.645. The molecule has 10 heteroatoms. The lowest BCUT2D eigenvalue weighted by Gasteiger charge is -2.28. The Labute approximate surface area is 181 Å². The van der Waals surface area contributed by atoms with Crippen molar-refractivity contribution >= 4 is 29.3 Å². The second-order valence-electron chi connectivity index (χ2n) is 7.14. The molecule has 0 unspecified atom stereocenters. The first-order chi connectivity index (χ1) is 15.0. The van der Waals surface area contributed by atoms with Gasteiger partial charge in [-0.1, -0.05) is 11.6 Å². The summed E-state index contributed by atoms with van der Waals surface area (Å²) in [5.41, 5.74) is 2.51. The number of anilines is 1. The van der Waals surface area contributed by atoms with Crippen LogP contribution in [-0.4, -0.2) is 45.1 Å². The van der Waals surface area contributed by atoms with Gasteiger partial charge in [-0.05, 0) is 36.4 Å². The molecule has 0 saturated carbocycles. The number of rotatable bonds is 3. The number of amides is 2. The standard InChI is InChI=1S/C21H17ClN4O5/c22-12-1-4-14(5-2-12)26-16-7-8-25(10-15(16)19(24-26)20(27)28)21(29)23-13-3-6-17-18(9-13)31-11-30-17/h1-6,9H,7-8,10-11H2,(H,23,29)(H,27,28). The van der Waals surface area contributed by atoms with E-state index in [2.05, 4.69) is 10.4 Å². The van der Waals surface area contributed by atoms with Crippen LogP contribution in [0.3, 0.4) is 0 Å². The lowest BCUT2D eigenvalue weighted by atomic mass is 10.1. The van der Waals surface area contributed by atoms with E-state index in [9.17, 15) is 14.7 Å². The van der Waals surface area contributed by atoms with E-state index in [4.69, 9.17) is 21.1 Å². The molecule has 2 aliphatic rings. The van der Waals surface area contributed by atoms with Crippen LogP contribution in [0.4, 0.5) is 10.5 Å². The number of carboxylic acids is 1. The maximum Gasteiger partial charge on any atom is 0.356 e. The van der Waals surface area contributed by atoms with Crippen LogP contribution in [0.15, 0.2) is 42.5 Å². The minimum absolute atomic E-state index is 0.0643. The van der Waals surface area contributed by atoms with Gasteiger partial charge in [0.05, 0.1) is 17.9 Å². The molecular weight excluding hydrogens is 424 g/mol. The third-order valence-electron chi connectivity index (χ3n) is 5.24. The fourth-order valence-electron chi connectivity index (χ4n) is 3.74. The molecule has 31 heavy (non-hydrogen) atoms. The number of fused-ring (bicyclic) bond motifs is 2. The van der Waals surface area contributed by atoms with Crippen LogP contribution in [0, 0.1) is 0 Å². The van der Waals surface area contributed by atoms with E-state index in [0.717, 1.165) is 5.69 Å². The Morgan fingerprint density at radius 2 is 1.87 bits per heavy atom. The number of aromatic nitrogens is 2. The maximum atomic E-state index is 12.8. The van der Waals surface area contributed by atoms with Crippen molar-refractivity contribution in [1.82, 2.24) is 14.7 Å². The molecule has 0 spiro atoms. The maximum absolute atomic E-state index is 12.8. The Morgan fingerprint density at radius 1 is 1.10 bits per heavy atom. The number of benzene rings is 2. The molecule has 5 rings (SSSR count). The van der Waals surface area contributed by atoms with Gasteiger partial charge in [0.15, 0.2) is 17.2 Å². The second-order valence-corrected chi connectivity index (χ2v) is 7.57. The van der Waals surface area contributed by atoms with Crippen molar-refractivity contribution in [2.24, 2.45) is 0 Å². The van der Waals surface area contributed by atoms with Crippen LogP contribution in [0.2, 0.25) is 5.02 Å². The van der Waals surface area contributed by atoms with Crippen LogP contribution in [-0.2, 0) is 13.0 Å². The van der Waals surface area contributed by atoms with Crippen LogP contribution >= 0.6 is 11.6 Å². The molecule has 9 nitrogen and oxygen atoms in total.